The van der Waals surface area contributed by atoms with Crippen molar-refractivity contribution in [3.63, 3.8) is 0 Å². The Balaban J connectivity index is 1.65. The van der Waals surface area contributed by atoms with Crippen molar-refractivity contribution in [2.45, 2.75) is 25.7 Å². The molecule has 1 unspecified atom stereocenters. The van der Waals surface area contributed by atoms with E-state index < -0.39 is 35.4 Å². The molecule has 1 N–H and O–H groups in total. The second kappa shape index (κ2) is 7.83. The average molecular weight is 448 g/mol. The summed E-state index contributed by atoms with van der Waals surface area (Å²) in [5.74, 6) is -2.82. The van der Waals surface area contributed by atoms with Crippen LogP contribution in [0.4, 0.5) is 23.2 Å². The molecule has 0 aliphatic carbocycles. The number of aliphatic hydroxyl groups excluding tert-OH is 1. The highest BCUT2D eigenvalue weighted by Gasteiger charge is 2.38. The Hall–Kier alpha value is -3.60. The summed E-state index contributed by atoms with van der Waals surface area (Å²) >= 11 is 0. The molecule has 166 valence electrons. The number of amides is 1. The summed E-state index contributed by atoms with van der Waals surface area (Å²) < 4.78 is 54.2. The maximum atomic E-state index is 14.3. The largest absolute Gasteiger partial charge is 0.419 e. The molecule has 1 aliphatic rings. The Morgan fingerprint density at radius 3 is 2.59 bits per heavy atom. The summed E-state index contributed by atoms with van der Waals surface area (Å²) in [6.07, 6.45) is -5.22. The highest BCUT2D eigenvalue weighted by Crippen LogP contribution is 2.33. The molecule has 0 fully saturated rings. The van der Waals surface area contributed by atoms with Crippen LogP contribution < -0.4 is 4.90 Å². The van der Waals surface area contributed by atoms with Crippen molar-refractivity contribution in [2.75, 3.05) is 11.4 Å². The van der Waals surface area contributed by atoms with Gasteiger partial charge in [0.2, 0.25) is 5.78 Å². The molecule has 0 radical (unpaired) electrons. The molecule has 1 aromatic heterocycles. The highest BCUT2D eigenvalue weighted by molar-refractivity contribution is 6.23. The molecule has 1 atom stereocenters. The van der Waals surface area contributed by atoms with Gasteiger partial charge in [-0.05, 0) is 25.1 Å². The van der Waals surface area contributed by atoms with E-state index in [9.17, 15) is 32.3 Å². The molecule has 3 aromatic rings. The molecule has 32 heavy (non-hydrogen) atoms. The molecule has 2 aromatic carbocycles. The van der Waals surface area contributed by atoms with Gasteiger partial charge in [-0.25, -0.2) is 9.07 Å². The number of likely N-dealkylation sites (N-methyl/N-ethyl adjacent to an activating group) is 1. The number of aliphatic hydroxyl groups is 1. The van der Waals surface area contributed by atoms with E-state index in [-0.39, 0.29) is 29.9 Å². The van der Waals surface area contributed by atoms with Gasteiger partial charge in [-0.1, -0.05) is 23.4 Å². The zero-order valence-electron chi connectivity index (χ0n) is 16.6. The molecule has 11 heteroatoms. The van der Waals surface area contributed by atoms with Crippen LogP contribution in [-0.2, 0) is 17.5 Å². The van der Waals surface area contributed by atoms with Gasteiger partial charge in [0.25, 0.3) is 5.91 Å². The smallest absolute Gasteiger partial charge is 0.376 e. The number of rotatable bonds is 4. The Kier molecular flexibility index (Phi) is 5.29. The van der Waals surface area contributed by atoms with E-state index in [1.54, 1.807) is 19.1 Å². The van der Waals surface area contributed by atoms with Crippen molar-refractivity contribution in [2.24, 2.45) is 0 Å². The third-order valence-corrected chi connectivity index (χ3v) is 5.17. The predicted octanol–water partition coefficient (Wildman–Crippen LogP) is 3.06. The second-order valence-corrected chi connectivity index (χ2v) is 7.16. The van der Waals surface area contributed by atoms with Crippen LogP contribution in [0.2, 0.25) is 0 Å². The molecule has 2 heterocycles. The number of fused-ring (bicyclic) bond motifs is 1. The van der Waals surface area contributed by atoms with Crippen LogP contribution in [0.5, 0.6) is 0 Å². The maximum Gasteiger partial charge on any atom is 0.419 e. The molecule has 1 amide bonds. The minimum Gasteiger partial charge on any atom is -0.376 e. The van der Waals surface area contributed by atoms with E-state index in [1.807, 2.05) is 0 Å². The van der Waals surface area contributed by atoms with Gasteiger partial charge in [0.05, 0.1) is 24.0 Å². The van der Waals surface area contributed by atoms with Gasteiger partial charge < -0.3 is 10.0 Å². The molecular formula is C21H16F4N4O3. The number of halogens is 4. The molecule has 0 saturated carbocycles. The molecule has 4 rings (SSSR count). The van der Waals surface area contributed by atoms with Gasteiger partial charge in [-0.15, -0.1) is 5.10 Å². The Bertz CT molecular complexity index is 1220. The van der Waals surface area contributed by atoms with E-state index >= 15 is 0 Å². The molecule has 0 saturated heterocycles. The number of nitrogens with zero attached hydrogens (tertiary/aromatic N) is 4. The van der Waals surface area contributed by atoms with Crippen LogP contribution >= 0.6 is 0 Å². The number of hydrogen-bond acceptors (Lipinski definition) is 5. The number of hydrogen-bond donors (Lipinski definition) is 1. The van der Waals surface area contributed by atoms with Crippen molar-refractivity contribution >= 4 is 17.4 Å². The van der Waals surface area contributed by atoms with Crippen molar-refractivity contribution in [1.82, 2.24) is 15.0 Å². The highest BCUT2D eigenvalue weighted by atomic mass is 19.4. The van der Waals surface area contributed by atoms with Crippen LogP contribution in [-0.4, -0.2) is 44.4 Å². The number of alkyl halides is 3. The monoisotopic (exact) mass is 448 g/mol. The van der Waals surface area contributed by atoms with Crippen LogP contribution in [0, 0.1) is 5.82 Å². The number of Topliss-reactive ketones (excluding diaryl/α,β-unsaturated/α-hetero) is 1. The molecular weight excluding hydrogens is 432 g/mol. The number of aromatic nitrogens is 3. The first-order valence-electron chi connectivity index (χ1n) is 9.54. The van der Waals surface area contributed by atoms with E-state index in [1.165, 1.54) is 27.9 Å². The fourth-order valence-electron chi connectivity index (χ4n) is 3.58. The van der Waals surface area contributed by atoms with Crippen molar-refractivity contribution in [3.05, 3.63) is 65.1 Å². The number of ketones is 1. The van der Waals surface area contributed by atoms with Gasteiger partial charge in [0.15, 0.2) is 6.10 Å². The summed E-state index contributed by atoms with van der Waals surface area (Å²) in [7, 11) is 0. The van der Waals surface area contributed by atoms with E-state index in [0.29, 0.717) is 17.3 Å². The van der Waals surface area contributed by atoms with Crippen LogP contribution in [0.1, 0.15) is 28.4 Å². The van der Waals surface area contributed by atoms with Crippen LogP contribution in [0.25, 0.3) is 11.3 Å². The van der Waals surface area contributed by atoms with Crippen LogP contribution in [0.3, 0.4) is 0 Å². The topological polar surface area (TPSA) is 88.3 Å². The summed E-state index contributed by atoms with van der Waals surface area (Å²) in [5.41, 5.74) is -0.368. The van der Waals surface area contributed by atoms with E-state index in [2.05, 4.69) is 10.3 Å². The summed E-state index contributed by atoms with van der Waals surface area (Å²) in [6, 6.07) is 7.59. The fraction of sp³-hybridized carbons (Fsp3) is 0.238. The van der Waals surface area contributed by atoms with Gasteiger partial charge in [0, 0.05) is 23.2 Å². The van der Waals surface area contributed by atoms with Gasteiger partial charge in [-0.3, -0.25) is 9.59 Å². The number of carbonyl (C=O) groups is 2. The quantitative estimate of drug-likeness (QED) is 0.490. The molecule has 0 spiro atoms. The van der Waals surface area contributed by atoms with Crippen molar-refractivity contribution in [1.29, 1.82) is 0 Å². The van der Waals surface area contributed by atoms with E-state index in [4.69, 9.17) is 0 Å². The number of anilines is 1. The lowest BCUT2D eigenvalue weighted by molar-refractivity contribution is -0.140. The summed E-state index contributed by atoms with van der Waals surface area (Å²) in [6.45, 7) is 1.67. The maximum absolute atomic E-state index is 14.3. The summed E-state index contributed by atoms with van der Waals surface area (Å²) in [4.78, 5) is 25.8. The van der Waals surface area contributed by atoms with Gasteiger partial charge in [-0.2, -0.15) is 13.2 Å². The lowest BCUT2D eigenvalue weighted by Gasteiger charge is -2.30. The third kappa shape index (κ3) is 3.64. The standard InChI is InChI=1S/C21H16F4N4O3/c1-2-29-16-7-6-11(8-13(16)18(30)19(31)20(29)32)15-10-28(27-26-15)9-12-4-3-5-14(17(12)22)21(23,24)25/h3-8,10,19,31H,2,9H2,1H3. The first-order valence-corrected chi connectivity index (χ1v) is 9.54. The predicted molar refractivity (Wildman–Crippen MR) is 104 cm³/mol. The van der Waals surface area contributed by atoms with Crippen molar-refractivity contribution in [3.8, 4) is 11.3 Å². The molecule has 7 nitrogen and oxygen atoms in total. The first kappa shape index (κ1) is 21.6. The second-order valence-electron chi connectivity index (χ2n) is 7.16. The lowest BCUT2D eigenvalue weighted by Crippen LogP contribution is -2.48. The minimum atomic E-state index is -4.82. The summed E-state index contributed by atoms with van der Waals surface area (Å²) in [5, 5.41) is 17.7. The number of carbonyl (C=O) groups excluding carboxylic acids is 2. The number of benzene rings is 2. The van der Waals surface area contributed by atoms with Crippen LogP contribution in [0.15, 0.2) is 42.6 Å². The van der Waals surface area contributed by atoms with E-state index in [0.717, 1.165) is 6.07 Å². The third-order valence-electron chi connectivity index (χ3n) is 5.17. The Morgan fingerprint density at radius 1 is 1.16 bits per heavy atom. The molecule has 0 bridgehead atoms. The van der Waals surface area contributed by atoms with Crippen molar-refractivity contribution < 1.29 is 32.3 Å². The first-order chi connectivity index (χ1) is 15.1. The Labute approximate surface area is 178 Å². The average Bonchev–Trinajstić information content (AvgIpc) is 3.21. The zero-order valence-corrected chi connectivity index (χ0v) is 16.6. The van der Waals surface area contributed by atoms with Gasteiger partial charge in [0.1, 0.15) is 11.5 Å². The fourth-order valence-corrected chi connectivity index (χ4v) is 3.58. The molecule has 1 aliphatic heterocycles. The lowest BCUT2D eigenvalue weighted by atomic mass is 9.95. The normalized spacial score (nSPS) is 16.4. The van der Waals surface area contributed by atoms with Gasteiger partial charge >= 0.3 is 6.18 Å². The SMILES string of the molecule is CCN1C(=O)C(O)C(=O)c2cc(-c3cn(Cc4cccc(C(F)(F)F)c4F)nn3)ccc21. The zero-order chi connectivity index (χ0) is 23.2. The minimum absolute atomic E-state index is 0.134. The Morgan fingerprint density at radius 2 is 1.91 bits per heavy atom.